The van der Waals surface area contributed by atoms with Crippen LogP contribution in [0.5, 0.6) is 0 Å². The van der Waals surface area contributed by atoms with Gasteiger partial charge in [0.25, 0.3) is 0 Å². The number of para-hydroxylation sites is 2. The first kappa shape index (κ1) is 29.9. The Labute approximate surface area is 260 Å². The Kier molecular flexibility index (Phi) is 9.05. The van der Waals surface area contributed by atoms with Crippen molar-refractivity contribution in [3.63, 3.8) is 0 Å². The summed E-state index contributed by atoms with van der Waals surface area (Å²) >= 11 is 18.9. The first-order valence-corrected chi connectivity index (χ1v) is 14.7. The van der Waals surface area contributed by atoms with Gasteiger partial charge in [0.15, 0.2) is 0 Å². The van der Waals surface area contributed by atoms with E-state index in [1.165, 1.54) is 0 Å². The molecule has 2 aromatic carbocycles. The summed E-state index contributed by atoms with van der Waals surface area (Å²) in [6.45, 7) is 7.59. The number of rotatable bonds is 4. The Morgan fingerprint density at radius 1 is 0.643 bits per heavy atom. The van der Waals surface area contributed by atoms with Gasteiger partial charge in [-0.25, -0.2) is 9.97 Å². The number of hydrogen-bond donors (Lipinski definition) is 1. The van der Waals surface area contributed by atoms with Gasteiger partial charge >= 0.3 is 0 Å². The molecule has 2 unspecified atom stereocenters. The molecule has 0 fully saturated rings. The minimum Gasteiger partial charge on any atom is -0.389 e. The molecule has 4 aromatic heterocycles. The average Bonchev–Trinajstić information content (AvgIpc) is 2.97. The van der Waals surface area contributed by atoms with Gasteiger partial charge in [-0.15, -0.1) is 11.6 Å². The van der Waals surface area contributed by atoms with Crippen LogP contribution in [0.4, 0.5) is 0 Å². The molecule has 0 saturated heterocycles. The molecule has 6 aromatic rings. The maximum absolute atomic E-state index is 10.1. The number of aryl methyl sites for hydroxylation is 2. The second-order valence-electron chi connectivity index (χ2n) is 10.0. The van der Waals surface area contributed by atoms with Gasteiger partial charge in [-0.3, -0.25) is 9.97 Å². The zero-order valence-electron chi connectivity index (χ0n) is 23.6. The molecule has 1 N–H and O–H groups in total. The molecule has 0 bridgehead atoms. The number of aromatic nitrogens is 4. The number of fused-ring (bicyclic) bond motifs is 2. The predicted molar refractivity (Wildman–Crippen MR) is 174 cm³/mol. The van der Waals surface area contributed by atoms with E-state index in [9.17, 15) is 5.11 Å². The van der Waals surface area contributed by atoms with Crippen LogP contribution < -0.4 is 0 Å². The van der Waals surface area contributed by atoms with Crippen molar-refractivity contribution in [3.05, 3.63) is 118 Å². The van der Waals surface area contributed by atoms with Gasteiger partial charge in [0.1, 0.15) is 0 Å². The highest BCUT2D eigenvalue weighted by molar-refractivity contribution is 6.35. The predicted octanol–water partition coefficient (Wildman–Crippen LogP) is 9.87. The zero-order valence-corrected chi connectivity index (χ0v) is 25.9. The molecule has 212 valence electrons. The van der Waals surface area contributed by atoms with Gasteiger partial charge in [0.05, 0.1) is 43.9 Å². The minimum atomic E-state index is -0.615. The van der Waals surface area contributed by atoms with Crippen LogP contribution in [-0.4, -0.2) is 25.0 Å². The smallest absolute Gasteiger partial charge is 0.0895 e. The van der Waals surface area contributed by atoms with Crippen molar-refractivity contribution >= 4 is 56.6 Å². The van der Waals surface area contributed by atoms with Crippen LogP contribution >= 0.6 is 34.8 Å². The molecule has 0 radical (unpaired) electrons. The fraction of sp³-hybridized carbons (Fsp3) is 0.176. The van der Waals surface area contributed by atoms with Crippen LogP contribution in [0.3, 0.4) is 0 Å². The van der Waals surface area contributed by atoms with Gasteiger partial charge in [0.2, 0.25) is 0 Å². The lowest BCUT2D eigenvalue weighted by Crippen LogP contribution is -2.00. The lowest BCUT2D eigenvalue weighted by atomic mass is 9.99. The summed E-state index contributed by atoms with van der Waals surface area (Å²) < 4.78 is 0. The van der Waals surface area contributed by atoms with Crippen molar-refractivity contribution in [2.45, 2.75) is 39.2 Å². The molecular formula is C34H29Cl3N4O. The number of aliphatic hydroxyl groups excluding tert-OH is 1. The summed E-state index contributed by atoms with van der Waals surface area (Å²) in [5, 5.41) is 13.1. The fourth-order valence-corrected chi connectivity index (χ4v) is 5.49. The second-order valence-corrected chi connectivity index (χ2v) is 11.5. The summed E-state index contributed by atoms with van der Waals surface area (Å²) in [7, 11) is 0. The van der Waals surface area contributed by atoms with E-state index in [1.54, 1.807) is 19.3 Å². The maximum atomic E-state index is 10.1. The summed E-state index contributed by atoms with van der Waals surface area (Å²) in [5.41, 5.74) is 8.58. The van der Waals surface area contributed by atoms with Crippen molar-refractivity contribution in [2.24, 2.45) is 0 Å². The topological polar surface area (TPSA) is 71.8 Å². The van der Waals surface area contributed by atoms with E-state index in [4.69, 9.17) is 44.8 Å². The molecule has 0 saturated carbocycles. The van der Waals surface area contributed by atoms with Crippen LogP contribution in [0.25, 0.3) is 44.3 Å². The highest BCUT2D eigenvalue weighted by atomic mass is 35.5. The third-order valence-electron chi connectivity index (χ3n) is 7.05. The Morgan fingerprint density at radius 2 is 1.10 bits per heavy atom. The molecule has 0 aliphatic carbocycles. The maximum Gasteiger partial charge on any atom is 0.0895 e. The Bertz CT molecular complexity index is 1770. The number of alkyl halides is 1. The van der Waals surface area contributed by atoms with Gasteiger partial charge in [0, 0.05) is 51.2 Å². The van der Waals surface area contributed by atoms with E-state index in [0.29, 0.717) is 10.0 Å². The highest BCUT2D eigenvalue weighted by Crippen LogP contribution is 2.36. The normalized spacial score (nSPS) is 12.6. The molecule has 0 aliphatic rings. The highest BCUT2D eigenvalue weighted by Gasteiger charge is 2.17. The van der Waals surface area contributed by atoms with E-state index < -0.39 is 6.10 Å². The van der Waals surface area contributed by atoms with Crippen molar-refractivity contribution in [3.8, 4) is 22.5 Å². The van der Waals surface area contributed by atoms with Crippen LogP contribution in [0, 0.1) is 13.8 Å². The van der Waals surface area contributed by atoms with Gasteiger partial charge < -0.3 is 5.11 Å². The number of halogens is 3. The molecule has 2 atom stereocenters. The molecule has 6 rings (SSSR count). The number of pyridine rings is 4. The third kappa shape index (κ3) is 6.11. The first-order chi connectivity index (χ1) is 20.2. The summed E-state index contributed by atoms with van der Waals surface area (Å²) in [5.74, 6) is 0. The summed E-state index contributed by atoms with van der Waals surface area (Å²) in [4.78, 5) is 18.1. The largest absolute Gasteiger partial charge is 0.389 e. The van der Waals surface area contributed by atoms with E-state index in [1.807, 2.05) is 87.5 Å². The van der Waals surface area contributed by atoms with Crippen molar-refractivity contribution in [2.75, 3.05) is 0 Å². The monoisotopic (exact) mass is 614 g/mol. The Hall–Kier alpha value is -3.61. The molecular weight excluding hydrogens is 587 g/mol. The van der Waals surface area contributed by atoms with E-state index in [-0.39, 0.29) is 5.38 Å². The molecule has 0 aliphatic heterocycles. The first-order valence-electron chi connectivity index (χ1n) is 13.5. The molecule has 5 nitrogen and oxygen atoms in total. The van der Waals surface area contributed by atoms with Crippen LogP contribution in [0.2, 0.25) is 10.0 Å². The Morgan fingerprint density at radius 3 is 1.52 bits per heavy atom. The molecule has 0 spiro atoms. The third-order valence-corrected chi connectivity index (χ3v) is 7.90. The van der Waals surface area contributed by atoms with E-state index in [2.05, 4.69) is 16.0 Å². The Balaban J connectivity index is 0.000000168. The SMILES string of the molecule is Cc1ncccc1-c1nc2c(Cl)cccc2cc1C(C)Cl.Cc1ncccc1-c1nc2c(Cl)cccc2cc1C(C)O. The number of hydrogen-bond acceptors (Lipinski definition) is 5. The van der Waals surface area contributed by atoms with Crippen LogP contribution in [0.1, 0.15) is 47.8 Å². The molecule has 8 heteroatoms. The second kappa shape index (κ2) is 12.7. The van der Waals surface area contributed by atoms with Crippen molar-refractivity contribution in [1.29, 1.82) is 0 Å². The van der Waals surface area contributed by atoms with Crippen molar-refractivity contribution in [1.82, 2.24) is 19.9 Å². The zero-order chi connectivity index (χ0) is 30.0. The molecule has 42 heavy (non-hydrogen) atoms. The average molecular weight is 616 g/mol. The van der Waals surface area contributed by atoms with Crippen molar-refractivity contribution < 1.29 is 5.11 Å². The van der Waals surface area contributed by atoms with Crippen LogP contribution in [-0.2, 0) is 0 Å². The molecule has 0 amide bonds. The van der Waals surface area contributed by atoms with Crippen LogP contribution in [0.15, 0.2) is 85.2 Å². The summed E-state index contributed by atoms with van der Waals surface area (Å²) in [6.07, 6.45) is 2.90. The quantitative estimate of drug-likeness (QED) is 0.200. The van der Waals surface area contributed by atoms with Gasteiger partial charge in [-0.2, -0.15) is 0 Å². The van der Waals surface area contributed by atoms with Gasteiger partial charge in [-0.1, -0.05) is 47.5 Å². The van der Waals surface area contributed by atoms with Gasteiger partial charge in [-0.05, 0) is 81.8 Å². The number of nitrogens with zero attached hydrogens (tertiary/aromatic N) is 4. The summed E-state index contributed by atoms with van der Waals surface area (Å²) in [6, 6.07) is 23.2. The minimum absolute atomic E-state index is 0.143. The lowest BCUT2D eigenvalue weighted by molar-refractivity contribution is 0.199. The van der Waals surface area contributed by atoms with E-state index in [0.717, 1.165) is 66.8 Å². The number of benzene rings is 2. The molecule has 4 heterocycles. The lowest BCUT2D eigenvalue weighted by Gasteiger charge is -2.14. The van der Waals surface area contributed by atoms with E-state index >= 15 is 0 Å². The fourth-order valence-electron chi connectivity index (χ4n) is 4.88. The number of aliphatic hydroxyl groups is 1. The standard InChI is InChI=1S/C17H14Cl2N2.C17H15ClN2O/c1-10(18)14-9-12-5-3-7-15(19)16(12)21-17(14)13-6-4-8-20-11(13)2;1-10-13(6-4-8-19-10)17-14(11(2)21)9-12-5-3-7-15(18)16(12)20-17/h3-10H,1-2H3;3-9,11,21H,1-2H3.